The van der Waals surface area contributed by atoms with Crippen molar-refractivity contribution in [2.45, 2.75) is 0 Å². The van der Waals surface area contributed by atoms with E-state index < -0.39 is 11.9 Å². The van der Waals surface area contributed by atoms with E-state index >= 15 is 0 Å². The number of carboxylic acids is 1. The zero-order valence-corrected chi connectivity index (χ0v) is 11.6. The molecule has 2 aromatic rings. The van der Waals surface area contributed by atoms with Gasteiger partial charge >= 0.3 is 5.97 Å². The summed E-state index contributed by atoms with van der Waals surface area (Å²) >= 11 is 1.27. The van der Waals surface area contributed by atoms with Crippen LogP contribution < -0.4 is 10.6 Å². The van der Waals surface area contributed by atoms with Crippen LogP contribution in [0.1, 0.15) is 20.0 Å². The molecule has 0 bridgehead atoms. The number of hydrogen-bond donors (Lipinski definition) is 3. The Labute approximate surface area is 124 Å². The molecule has 6 nitrogen and oxygen atoms in total. The van der Waals surface area contributed by atoms with Crippen LogP contribution in [0.25, 0.3) is 0 Å². The third-order valence-corrected chi connectivity index (χ3v) is 3.45. The Morgan fingerprint density at radius 2 is 1.86 bits per heavy atom. The molecule has 1 aromatic carbocycles. The van der Waals surface area contributed by atoms with Crippen LogP contribution >= 0.6 is 11.3 Å². The number of aromatic carboxylic acids is 1. The van der Waals surface area contributed by atoms with Crippen LogP contribution in [0.5, 0.6) is 0 Å². The molecule has 1 aromatic heterocycles. The van der Waals surface area contributed by atoms with Crippen molar-refractivity contribution in [3.8, 4) is 0 Å². The molecule has 0 atom stereocenters. The molecule has 0 saturated heterocycles. The van der Waals surface area contributed by atoms with Crippen molar-refractivity contribution in [2.24, 2.45) is 0 Å². The molecule has 2 rings (SSSR count). The van der Waals surface area contributed by atoms with Crippen molar-refractivity contribution in [1.29, 1.82) is 0 Å². The van der Waals surface area contributed by atoms with Gasteiger partial charge in [0.15, 0.2) is 0 Å². The van der Waals surface area contributed by atoms with Gasteiger partial charge in [0, 0.05) is 0 Å². The summed E-state index contributed by atoms with van der Waals surface area (Å²) < 4.78 is 0. The van der Waals surface area contributed by atoms with Gasteiger partial charge < -0.3 is 15.7 Å². The lowest BCUT2D eigenvalue weighted by molar-refractivity contribution is -0.115. The number of anilines is 1. The molecular formula is C14H12N2O4S. The third-order valence-electron chi connectivity index (χ3n) is 2.59. The number of carbonyl (C=O) groups is 3. The lowest BCUT2D eigenvalue weighted by Gasteiger charge is -2.08. The first-order chi connectivity index (χ1) is 10.1. The maximum absolute atomic E-state index is 11.7. The van der Waals surface area contributed by atoms with Gasteiger partial charge in [-0.3, -0.25) is 9.59 Å². The number of carboxylic acid groups (broad SMARTS) is 1. The van der Waals surface area contributed by atoms with Crippen LogP contribution in [0.3, 0.4) is 0 Å². The summed E-state index contributed by atoms with van der Waals surface area (Å²) in [4.78, 5) is 34.9. The van der Waals surface area contributed by atoms with E-state index in [-0.39, 0.29) is 23.7 Å². The SMILES string of the molecule is O=C(CNC(=O)c1cccs1)Nc1ccccc1C(=O)O. The topological polar surface area (TPSA) is 95.5 Å². The van der Waals surface area contributed by atoms with E-state index in [2.05, 4.69) is 10.6 Å². The second-order valence-corrected chi connectivity index (χ2v) is 5.01. The smallest absolute Gasteiger partial charge is 0.337 e. The van der Waals surface area contributed by atoms with E-state index in [1.807, 2.05) is 0 Å². The van der Waals surface area contributed by atoms with Crippen molar-refractivity contribution < 1.29 is 19.5 Å². The Morgan fingerprint density at radius 3 is 2.52 bits per heavy atom. The fourth-order valence-electron chi connectivity index (χ4n) is 1.63. The van der Waals surface area contributed by atoms with Crippen LogP contribution in [0.2, 0.25) is 0 Å². The highest BCUT2D eigenvalue weighted by Gasteiger charge is 2.13. The minimum absolute atomic E-state index is 0.00423. The molecule has 0 unspecified atom stereocenters. The number of carbonyl (C=O) groups excluding carboxylic acids is 2. The number of thiophene rings is 1. The van der Waals surface area contributed by atoms with Gasteiger partial charge in [-0.1, -0.05) is 18.2 Å². The Morgan fingerprint density at radius 1 is 1.10 bits per heavy atom. The monoisotopic (exact) mass is 304 g/mol. The lowest BCUT2D eigenvalue weighted by Crippen LogP contribution is -2.32. The van der Waals surface area contributed by atoms with Gasteiger partial charge in [0.1, 0.15) is 0 Å². The summed E-state index contributed by atoms with van der Waals surface area (Å²) in [5.41, 5.74) is 0.191. The fourth-order valence-corrected chi connectivity index (χ4v) is 2.27. The van der Waals surface area contributed by atoms with Gasteiger partial charge in [-0.25, -0.2) is 4.79 Å². The van der Waals surface area contributed by atoms with Crippen LogP contribution in [0.15, 0.2) is 41.8 Å². The van der Waals surface area contributed by atoms with Crippen molar-refractivity contribution in [3.63, 3.8) is 0 Å². The zero-order chi connectivity index (χ0) is 15.2. The summed E-state index contributed by atoms with van der Waals surface area (Å²) in [5, 5.41) is 15.7. The number of rotatable bonds is 5. The molecular weight excluding hydrogens is 292 g/mol. The van der Waals surface area contributed by atoms with Gasteiger partial charge in [-0.2, -0.15) is 0 Å². The number of nitrogens with one attached hydrogen (secondary N) is 2. The molecule has 0 radical (unpaired) electrons. The number of amides is 2. The number of benzene rings is 1. The normalized spacial score (nSPS) is 9.90. The standard InChI is InChI=1S/C14H12N2O4S/c17-12(8-15-13(18)11-6-3-7-21-11)16-10-5-2-1-4-9(10)14(19)20/h1-7H,8H2,(H,15,18)(H,16,17)(H,19,20). The van der Waals surface area contributed by atoms with E-state index in [1.54, 1.807) is 29.6 Å². The van der Waals surface area contributed by atoms with E-state index in [1.165, 1.54) is 23.5 Å². The van der Waals surface area contributed by atoms with Crippen LogP contribution in [0.4, 0.5) is 5.69 Å². The molecule has 0 saturated carbocycles. The van der Waals surface area contributed by atoms with E-state index in [4.69, 9.17) is 5.11 Å². The fraction of sp³-hybridized carbons (Fsp3) is 0.0714. The first-order valence-electron chi connectivity index (χ1n) is 6.02. The highest BCUT2D eigenvalue weighted by molar-refractivity contribution is 7.12. The first-order valence-corrected chi connectivity index (χ1v) is 6.90. The molecule has 1 heterocycles. The average Bonchev–Trinajstić information content (AvgIpc) is 2.99. The van der Waals surface area contributed by atoms with Crippen molar-refractivity contribution in [2.75, 3.05) is 11.9 Å². The van der Waals surface area contributed by atoms with Gasteiger partial charge in [0.2, 0.25) is 5.91 Å². The number of hydrogen-bond acceptors (Lipinski definition) is 4. The Hall–Kier alpha value is -2.67. The largest absolute Gasteiger partial charge is 0.478 e. The van der Waals surface area contributed by atoms with Gasteiger partial charge in [-0.05, 0) is 23.6 Å². The summed E-state index contributed by atoms with van der Waals surface area (Å²) in [6.07, 6.45) is 0. The second-order valence-electron chi connectivity index (χ2n) is 4.06. The van der Waals surface area contributed by atoms with Crippen LogP contribution in [-0.2, 0) is 4.79 Å². The van der Waals surface area contributed by atoms with Crippen molar-refractivity contribution >= 4 is 34.8 Å². The maximum Gasteiger partial charge on any atom is 0.337 e. The Bertz CT molecular complexity index is 667. The van der Waals surface area contributed by atoms with E-state index in [9.17, 15) is 14.4 Å². The molecule has 0 aliphatic rings. The minimum Gasteiger partial charge on any atom is -0.478 e. The zero-order valence-electron chi connectivity index (χ0n) is 10.8. The van der Waals surface area contributed by atoms with Gasteiger partial charge in [-0.15, -0.1) is 11.3 Å². The highest BCUT2D eigenvalue weighted by Crippen LogP contribution is 2.14. The second kappa shape index (κ2) is 6.67. The molecule has 3 N–H and O–H groups in total. The predicted octanol–water partition coefficient (Wildman–Crippen LogP) is 1.81. The summed E-state index contributed by atoms with van der Waals surface area (Å²) in [6, 6.07) is 9.45. The molecule has 7 heteroatoms. The van der Waals surface area contributed by atoms with Crippen LogP contribution in [-0.4, -0.2) is 29.4 Å². The molecule has 0 aliphatic carbocycles. The van der Waals surface area contributed by atoms with Crippen LogP contribution in [0, 0.1) is 0 Å². The van der Waals surface area contributed by atoms with Crippen molar-refractivity contribution in [1.82, 2.24) is 5.32 Å². The molecule has 21 heavy (non-hydrogen) atoms. The third kappa shape index (κ3) is 3.90. The molecule has 0 aliphatic heterocycles. The molecule has 0 fully saturated rings. The summed E-state index contributed by atoms with van der Waals surface area (Å²) in [7, 11) is 0. The molecule has 2 amide bonds. The molecule has 108 valence electrons. The van der Waals surface area contributed by atoms with E-state index in [0.717, 1.165) is 0 Å². The van der Waals surface area contributed by atoms with Crippen molar-refractivity contribution in [3.05, 3.63) is 52.2 Å². The quantitative estimate of drug-likeness (QED) is 0.785. The van der Waals surface area contributed by atoms with E-state index in [0.29, 0.717) is 4.88 Å². The predicted molar refractivity (Wildman–Crippen MR) is 78.7 cm³/mol. The Balaban J connectivity index is 1.93. The molecule has 0 spiro atoms. The Kier molecular flexibility index (Phi) is 4.68. The van der Waals surface area contributed by atoms with Gasteiger partial charge in [0.05, 0.1) is 22.7 Å². The minimum atomic E-state index is -1.13. The average molecular weight is 304 g/mol. The number of para-hydroxylation sites is 1. The first kappa shape index (κ1) is 14.7. The summed E-state index contributed by atoms with van der Waals surface area (Å²) in [6.45, 7) is -0.231. The lowest BCUT2D eigenvalue weighted by atomic mass is 10.2. The highest BCUT2D eigenvalue weighted by atomic mass is 32.1. The maximum atomic E-state index is 11.7. The van der Waals surface area contributed by atoms with Gasteiger partial charge in [0.25, 0.3) is 5.91 Å². The summed E-state index contributed by atoms with van der Waals surface area (Å²) in [5.74, 6) is -1.96.